The van der Waals surface area contributed by atoms with Crippen molar-refractivity contribution in [2.45, 2.75) is 19.3 Å². The summed E-state index contributed by atoms with van der Waals surface area (Å²) in [5.74, 6) is 1.67. The van der Waals surface area contributed by atoms with Gasteiger partial charge in [0.1, 0.15) is 5.58 Å². The van der Waals surface area contributed by atoms with E-state index in [1.807, 2.05) is 36.4 Å². The number of carbonyl (C=O) groups excluding carboxylic acids is 1. The van der Waals surface area contributed by atoms with E-state index in [1.54, 1.807) is 6.07 Å². The Bertz CT molecular complexity index is 1200. The number of ketones is 1. The summed E-state index contributed by atoms with van der Waals surface area (Å²) < 4.78 is 5.40. The Morgan fingerprint density at radius 3 is 2.36 bits per heavy atom. The Hall–Kier alpha value is -2.94. The van der Waals surface area contributed by atoms with E-state index < -0.39 is 5.63 Å². The first kappa shape index (κ1) is 16.1. The van der Waals surface area contributed by atoms with Crippen molar-refractivity contribution in [3.05, 3.63) is 82.2 Å². The van der Waals surface area contributed by atoms with Crippen molar-refractivity contribution in [1.82, 2.24) is 0 Å². The Morgan fingerprint density at radius 2 is 1.54 bits per heavy atom. The van der Waals surface area contributed by atoms with E-state index in [0.717, 1.165) is 34.1 Å². The van der Waals surface area contributed by atoms with Crippen LogP contribution in [0, 0.1) is 23.7 Å². The van der Waals surface area contributed by atoms with E-state index in [9.17, 15) is 9.59 Å². The molecule has 28 heavy (non-hydrogen) atoms. The zero-order valence-corrected chi connectivity index (χ0v) is 15.4. The number of fused-ring (bicyclic) bond motifs is 6. The van der Waals surface area contributed by atoms with Crippen molar-refractivity contribution >= 4 is 27.9 Å². The minimum atomic E-state index is -0.401. The third kappa shape index (κ3) is 2.10. The van der Waals surface area contributed by atoms with Crippen LogP contribution in [0.25, 0.3) is 22.1 Å². The van der Waals surface area contributed by atoms with Gasteiger partial charge < -0.3 is 4.42 Å². The van der Waals surface area contributed by atoms with Gasteiger partial charge >= 0.3 is 5.63 Å². The van der Waals surface area contributed by atoms with Crippen molar-refractivity contribution in [2.24, 2.45) is 23.7 Å². The molecular weight excluding hydrogens is 348 g/mol. The van der Waals surface area contributed by atoms with Crippen LogP contribution in [0.15, 0.2) is 69.9 Å². The van der Waals surface area contributed by atoms with E-state index in [-0.39, 0.29) is 17.6 Å². The first-order valence-corrected chi connectivity index (χ1v) is 10.1. The summed E-state index contributed by atoms with van der Waals surface area (Å²) >= 11 is 0. The van der Waals surface area contributed by atoms with Gasteiger partial charge in [0.15, 0.2) is 5.78 Å². The summed E-state index contributed by atoms with van der Waals surface area (Å²) in [6.07, 6.45) is 3.54. The molecule has 1 aromatic heterocycles. The van der Waals surface area contributed by atoms with Crippen molar-refractivity contribution in [2.75, 3.05) is 0 Å². The molecule has 0 unspecified atom stereocenters. The van der Waals surface area contributed by atoms with Crippen LogP contribution < -0.4 is 5.63 Å². The molecule has 0 radical (unpaired) electrons. The number of para-hydroxylation sites is 1. The molecule has 6 rings (SSSR count). The molecule has 138 valence electrons. The maximum absolute atomic E-state index is 13.7. The van der Waals surface area contributed by atoms with Crippen LogP contribution in [-0.4, -0.2) is 5.78 Å². The van der Waals surface area contributed by atoms with Gasteiger partial charge in [-0.15, -0.1) is 0 Å². The molecule has 3 aliphatic carbocycles. The summed E-state index contributed by atoms with van der Waals surface area (Å²) in [7, 11) is 0. The highest BCUT2D eigenvalue weighted by Gasteiger charge is 2.57. The van der Waals surface area contributed by atoms with E-state index in [0.29, 0.717) is 17.4 Å². The largest absolute Gasteiger partial charge is 0.423 e. The van der Waals surface area contributed by atoms with Gasteiger partial charge in [0.2, 0.25) is 0 Å². The van der Waals surface area contributed by atoms with Crippen LogP contribution in [0.4, 0.5) is 0 Å². The number of carbonyl (C=O) groups is 1. The van der Waals surface area contributed by atoms with Crippen LogP contribution in [0.5, 0.6) is 0 Å². The van der Waals surface area contributed by atoms with Gasteiger partial charge in [-0.25, -0.2) is 4.79 Å². The van der Waals surface area contributed by atoms with Gasteiger partial charge in [-0.2, -0.15) is 0 Å². The van der Waals surface area contributed by atoms with E-state index in [2.05, 4.69) is 12.1 Å². The molecule has 3 heteroatoms. The van der Waals surface area contributed by atoms with Gasteiger partial charge in [-0.3, -0.25) is 4.79 Å². The lowest BCUT2D eigenvalue weighted by atomic mass is 9.77. The summed E-state index contributed by atoms with van der Waals surface area (Å²) in [5, 5.41) is 0.839. The van der Waals surface area contributed by atoms with Gasteiger partial charge in [-0.1, -0.05) is 48.5 Å². The minimum Gasteiger partial charge on any atom is -0.423 e. The number of benzene rings is 2. The summed E-state index contributed by atoms with van der Waals surface area (Å²) in [6, 6.07) is 19.3. The van der Waals surface area contributed by atoms with Crippen molar-refractivity contribution in [1.29, 1.82) is 0 Å². The summed E-state index contributed by atoms with van der Waals surface area (Å²) in [4.78, 5) is 26.0. The second-order valence-electron chi connectivity index (χ2n) is 8.38. The van der Waals surface area contributed by atoms with Gasteiger partial charge in [0.05, 0.1) is 0 Å². The smallest absolute Gasteiger partial charge is 0.336 e. The lowest BCUT2D eigenvalue weighted by Gasteiger charge is -2.26. The maximum atomic E-state index is 13.7. The number of hydrogen-bond donors (Lipinski definition) is 0. The summed E-state index contributed by atoms with van der Waals surface area (Å²) in [6.45, 7) is 0. The predicted molar refractivity (Wildman–Crippen MR) is 109 cm³/mol. The molecular formula is C25H20O3. The lowest BCUT2D eigenvalue weighted by molar-refractivity contribution is -0.118. The Morgan fingerprint density at radius 1 is 0.821 bits per heavy atom. The SMILES string of the molecule is O=C1C(c2cc(=O)oc3ccccc23)=C(c2ccccc2)[C@@H]2[C@H]3CC[C@H](C3)[C@H]12. The first-order valence-electron chi connectivity index (χ1n) is 10.1. The van der Waals surface area contributed by atoms with Crippen LogP contribution in [0.3, 0.4) is 0 Å². The molecule has 0 saturated heterocycles. The monoisotopic (exact) mass is 368 g/mol. The highest BCUT2D eigenvalue weighted by molar-refractivity contribution is 6.34. The topological polar surface area (TPSA) is 47.3 Å². The molecule has 3 aromatic rings. The van der Waals surface area contributed by atoms with Gasteiger partial charge in [-0.05, 0) is 54.2 Å². The second kappa shape index (κ2) is 5.78. The average Bonchev–Trinajstić information content (AvgIpc) is 3.40. The van der Waals surface area contributed by atoms with Crippen LogP contribution in [0.2, 0.25) is 0 Å². The Balaban J connectivity index is 1.69. The van der Waals surface area contributed by atoms with Crippen LogP contribution >= 0.6 is 0 Å². The number of hydrogen-bond acceptors (Lipinski definition) is 3. The third-order valence-corrected chi connectivity index (χ3v) is 7.07. The molecule has 0 amide bonds. The molecule has 0 N–H and O–H groups in total. The third-order valence-electron chi connectivity index (χ3n) is 7.07. The molecule has 1 heterocycles. The molecule has 2 fully saturated rings. The fraction of sp³-hybridized carbons (Fsp3) is 0.280. The minimum absolute atomic E-state index is 0.0787. The molecule has 4 atom stereocenters. The molecule has 0 aliphatic heterocycles. The van der Waals surface area contributed by atoms with Crippen molar-refractivity contribution in [3.63, 3.8) is 0 Å². The normalized spacial score (nSPS) is 28.4. The number of rotatable bonds is 2. The van der Waals surface area contributed by atoms with Crippen LogP contribution in [-0.2, 0) is 4.79 Å². The first-order chi connectivity index (χ1) is 13.7. The van der Waals surface area contributed by atoms with Gasteiger partial charge in [0.25, 0.3) is 0 Å². The molecule has 3 aliphatic rings. The lowest BCUT2D eigenvalue weighted by Crippen LogP contribution is -2.24. The molecule has 2 saturated carbocycles. The standard InChI is InChI=1S/C25H20O3/c26-20-13-18(17-8-4-5-9-19(17)28-20)24-21(14-6-2-1-3-7-14)22-15-10-11-16(12-15)23(22)25(24)27/h1-9,13,15-16,22-23H,10-12H2/t15-,16+,22-,23-/m0/s1. The van der Waals surface area contributed by atoms with E-state index >= 15 is 0 Å². The molecule has 2 bridgehead atoms. The average molecular weight is 368 g/mol. The highest BCUT2D eigenvalue weighted by Crippen LogP contribution is 2.62. The number of Topliss-reactive ketones (excluding diaryl/α,β-unsaturated/α-hetero) is 1. The quantitative estimate of drug-likeness (QED) is 0.601. The van der Waals surface area contributed by atoms with Crippen LogP contribution in [0.1, 0.15) is 30.4 Å². The predicted octanol–water partition coefficient (Wildman–Crippen LogP) is 4.95. The van der Waals surface area contributed by atoms with Crippen molar-refractivity contribution in [3.8, 4) is 0 Å². The highest BCUT2D eigenvalue weighted by atomic mass is 16.4. The zero-order chi connectivity index (χ0) is 18.8. The summed E-state index contributed by atoms with van der Waals surface area (Å²) in [5.41, 5.74) is 3.90. The maximum Gasteiger partial charge on any atom is 0.336 e. The zero-order valence-electron chi connectivity index (χ0n) is 15.4. The molecule has 3 nitrogen and oxygen atoms in total. The van der Waals surface area contributed by atoms with Crippen molar-refractivity contribution < 1.29 is 9.21 Å². The fourth-order valence-electron chi connectivity index (χ4n) is 6.10. The number of allylic oxidation sites excluding steroid dienone is 2. The fourth-order valence-corrected chi connectivity index (χ4v) is 6.10. The Kier molecular flexibility index (Phi) is 3.31. The Labute approximate surface area is 162 Å². The molecule has 2 aromatic carbocycles. The van der Waals surface area contributed by atoms with Gasteiger partial charge in [0, 0.05) is 28.5 Å². The van der Waals surface area contributed by atoms with E-state index in [1.165, 1.54) is 18.9 Å². The van der Waals surface area contributed by atoms with E-state index in [4.69, 9.17) is 4.42 Å². The second-order valence-corrected chi connectivity index (χ2v) is 8.38. The molecule has 0 spiro atoms.